The molecule has 0 radical (unpaired) electrons. The Balaban J connectivity index is 1.86. The predicted octanol–water partition coefficient (Wildman–Crippen LogP) is 6.87. The highest BCUT2D eigenvalue weighted by atomic mass is 16.4. The Bertz CT molecular complexity index is 1090. The lowest BCUT2D eigenvalue weighted by molar-refractivity contribution is 0.0697. The fourth-order valence-electron chi connectivity index (χ4n) is 5.76. The monoisotopic (exact) mass is 403 g/mol. The second-order valence-electron chi connectivity index (χ2n) is 8.96. The summed E-state index contributed by atoms with van der Waals surface area (Å²) in [5.74, 6) is -0.136. The Kier molecular flexibility index (Phi) is 5.01. The number of fused-ring (bicyclic) bond motifs is 1. The highest BCUT2D eigenvalue weighted by Crippen LogP contribution is 2.49. The first-order valence-electron chi connectivity index (χ1n) is 11.3. The van der Waals surface area contributed by atoms with Gasteiger partial charge in [-0.25, -0.2) is 4.79 Å². The van der Waals surface area contributed by atoms with Gasteiger partial charge in [0, 0.05) is 22.5 Å². The molecule has 0 saturated heterocycles. The first kappa shape index (κ1) is 19.2. The van der Waals surface area contributed by atoms with Crippen molar-refractivity contribution in [1.82, 2.24) is 4.57 Å². The van der Waals surface area contributed by atoms with Crippen LogP contribution in [0.2, 0.25) is 0 Å². The van der Waals surface area contributed by atoms with Crippen LogP contribution in [-0.2, 0) is 0 Å². The Hall–Kier alpha value is -2.75. The van der Waals surface area contributed by atoms with Gasteiger partial charge in [-0.3, -0.25) is 0 Å². The molecule has 2 aliphatic rings. The number of para-hydroxylation sites is 1. The molecule has 1 heterocycles. The summed E-state index contributed by atoms with van der Waals surface area (Å²) in [5, 5.41) is 21.6. The van der Waals surface area contributed by atoms with Gasteiger partial charge in [0.25, 0.3) is 0 Å². The molecule has 2 fully saturated rings. The first-order chi connectivity index (χ1) is 14.6. The molecule has 0 spiro atoms. The molecule has 4 nitrogen and oxygen atoms in total. The minimum Gasteiger partial charge on any atom is -0.507 e. The second-order valence-corrected chi connectivity index (χ2v) is 8.96. The number of aromatic hydroxyl groups is 1. The SMILES string of the molecule is O=C(O)c1ccc2c(C3CCCCC3)c(-c3ccccc3O)n(C3CCCC3)c2c1. The fourth-order valence-corrected chi connectivity index (χ4v) is 5.76. The van der Waals surface area contributed by atoms with E-state index >= 15 is 0 Å². The van der Waals surface area contributed by atoms with E-state index in [1.807, 2.05) is 30.3 Å². The third-order valence-corrected chi connectivity index (χ3v) is 7.15. The zero-order valence-electron chi connectivity index (χ0n) is 17.3. The minimum atomic E-state index is -0.889. The second kappa shape index (κ2) is 7.82. The average Bonchev–Trinajstić information content (AvgIpc) is 3.40. The van der Waals surface area contributed by atoms with Crippen molar-refractivity contribution >= 4 is 16.9 Å². The lowest BCUT2D eigenvalue weighted by Crippen LogP contribution is -2.10. The van der Waals surface area contributed by atoms with Gasteiger partial charge in [0.15, 0.2) is 0 Å². The number of carboxylic acid groups (broad SMARTS) is 1. The number of benzene rings is 2. The van der Waals surface area contributed by atoms with Gasteiger partial charge < -0.3 is 14.8 Å². The predicted molar refractivity (Wildman–Crippen MR) is 119 cm³/mol. The minimum absolute atomic E-state index is 0.301. The van der Waals surface area contributed by atoms with E-state index in [0.29, 0.717) is 23.3 Å². The van der Waals surface area contributed by atoms with Gasteiger partial charge >= 0.3 is 5.97 Å². The number of carbonyl (C=O) groups is 1. The number of phenols is 1. The highest BCUT2D eigenvalue weighted by molar-refractivity contribution is 5.98. The van der Waals surface area contributed by atoms with Crippen molar-refractivity contribution in [2.24, 2.45) is 0 Å². The molecule has 156 valence electrons. The molecule has 5 rings (SSSR count). The molecule has 1 aromatic heterocycles. The van der Waals surface area contributed by atoms with Crippen LogP contribution in [0.3, 0.4) is 0 Å². The number of aromatic carboxylic acids is 1. The molecular formula is C26H29NO3. The molecule has 0 unspecified atom stereocenters. The number of aromatic nitrogens is 1. The summed E-state index contributed by atoms with van der Waals surface area (Å²) in [6, 6.07) is 13.6. The maximum atomic E-state index is 11.7. The van der Waals surface area contributed by atoms with E-state index in [1.54, 1.807) is 12.1 Å². The van der Waals surface area contributed by atoms with Crippen LogP contribution in [0.15, 0.2) is 42.5 Å². The normalized spacial score (nSPS) is 18.3. The maximum Gasteiger partial charge on any atom is 0.335 e. The van der Waals surface area contributed by atoms with Crippen molar-refractivity contribution in [1.29, 1.82) is 0 Å². The van der Waals surface area contributed by atoms with Crippen LogP contribution in [0.5, 0.6) is 5.75 Å². The van der Waals surface area contributed by atoms with Crippen molar-refractivity contribution in [3.63, 3.8) is 0 Å². The Morgan fingerprint density at radius 1 is 0.900 bits per heavy atom. The molecule has 4 heteroatoms. The number of rotatable bonds is 4. The number of phenolic OH excluding ortho intramolecular Hbond substituents is 1. The third-order valence-electron chi connectivity index (χ3n) is 7.15. The molecule has 0 bridgehead atoms. The molecule has 2 saturated carbocycles. The van der Waals surface area contributed by atoms with Crippen LogP contribution in [0.1, 0.15) is 85.7 Å². The van der Waals surface area contributed by atoms with Crippen LogP contribution in [0.4, 0.5) is 0 Å². The molecule has 0 amide bonds. The Labute approximate surface area is 177 Å². The largest absolute Gasteiger partial charge is 0.507 e. The van der Waals surface area contributed by atoms with Crippen molar-refractivity contribution in [3.05, 3.63) is 53.6 Å². The lowest BCUT2D eigenvalue weighted by atomic mass is 9.81. The van der Waals surface area contributed by atoms with E-state index in [4.69, 9.17) is 0 Å². The van der Waals surface area contributed by atoms with Gasteiger partial charge in [-0.05, 0) is 61.4 Å². The topological polar surface area (TPSA) is 62.5 Å². The van der Waals surface area contributed by atoms with Gasteiger partial charge in [0.2, 0.25) is 0 Å². The van der Waals surface area contributed by atoms with Gasteiger partial charge in [-0.1, -0.05) is 50.3 Å². The molecule has 0 atom stereocenters. The van der Waals surface area contributed by atoms with Gasteiger partial charge in [0.1, 0.15) is 5.75 Å². The van der Waals surface area contributed by atoms with E-state index in [2.05, 4.69) is 4.57 Å². The van der Waals surface area contributed by atoms with E-state index < -0.39 is 5.97 Å². The maximum absolute atomic E-state index is 11.7. The molecule has 0 aliphatic heterocycles. The molecule has 2 aromatic carbocycles. The van der Waals surface area contributed by atoms with Crippen molar-refractivity contribution < 1.29 is 15.0 Å². The van der Waals surface area contributed by atoms with E-state index in [1.165, 1.54) is 37.7 Å². The van der Waals surface area contributed by atoms with Crippen molar-refractivity contribution in [3.8, 4) is 17.0 Å². The number of nitrogens with zero attached hydrogens (tertiary/aromatic N) is 1. The summed E-state index contributed by atoms with van der Waals surface area (Å²) >= 11 is 0. The van der Waals surface area contributed by atoms with E-state index in [0.717, 1.165) is 47.8 Å². The summed E-state index contributed by atoms with van der Waals surface area (Å²) in [4.78, 5) is 11.7. The van der Waals surface area contributed by atoms with Crippen LogP contribution in [0.25, 0.3) is 22.2 Å². The number of hydrogen-bond donors (Lipinski definition) is 2. The molecule has 30 heavy (non-hydrogen) atoms. The highest BCUT2D eigenvalue weighted by Gasteiger charge is 2.31. The van der Waals surface area contributed by atoms with Crippen LogP contribution < -0.4 is 0 Å². The third kappa shape index (κ3) is 3.19. The van der Waals surface area contributed by atoms with Crippen LogP contribution in [0, 0.1) is 0 Å². The molecular weight excluding hydrogens is 374 g/mol. The van der Waals surface area contributed by atoms with Crippen molar-refractivity contribution in [2.75, 3.05) is 0 Å². The smallest absolute Gasteiger partial charge is 0.335 e. The number of hydrogen-bond acceptors (Lipinski definition) is 2. The Morgan fingerprint density at radius 2 is 1.60 bits per heavy atom. The first-order valence-corrected chi connectivity index (χ1v) is 11.3. The van der Waals surface area contributed by atoms with E-state index in [9.17, 15) is 15.0 Å². The van der Waals surface area contributed by atoms with E-state index in [-0.39, 0.29) is 0 Å². The Morgan fingerprint density at radius 3 is 2.30 bits per heavy atom. The zero-order chi connectivity index (χ0) is 20.7. The summed E-state index contributed by atoms with van der Waals surface area (Å²) in [6.07, 6.45) is 10.7. The van der Waals surface area contributed by atoms with Crippen molar-refractivity contribution in [2.45, 2.75) is 69.7 Å². The molecule has 2 N–H and O–H groups in total. The lowest BCUT2D eigenvalue weighted by Gasteiger charge is -2.25. The zero-order valence-corrected chi connectivity index (χ0v) is 17.3. The fraction of sp³-hybridized carbons (Fsp3) is 0.423. The quantitative estimate of drug-likeness (QED) is 0.499. The van der Waals surface area contributed by atoms with Gasteiger partial charge in [0.05, 0.1) is 11.3 Å². The van der Waals surface area contributed by atoms with Gasteiger partial charge in [-0.2, -0.15) is 0 Å². The number of carboxylic acids is 1. The standard InChI is InChI=1S/C26H29NO3/c28-23-13-7-6-12-21(23)25-24(17-8-2-1-3-9-17)20-15-14-18(26(29)30)16-22(20)27(25)19-10-4-5-11-19/h6-7,12-17,19,28H,1-5,8-11H2,(H,29,30). The molecule has 3 aromatic rings. The van der Waals surface area contributed by atoms with Crippen LogP contribution >= 0.6 is 0 Å². The summed E-state index contributed by atoms with van der Waals surface area (Å²) < 4.78 is 2.38. The van der Waals surface area contributed by atoms with Gasteiger partial charge in [-0.15, -0.1) is 0 Å². The molecule has 2 aliphatic carbocycles. The summed E-state index contributed by atoms with van der Waals surface area (Å²) in [7, 11) is 0. The summed E-state index contributed by atoms with van der Waals surface area (Å²) in [6.45, 7) is 0. The summed E-state index contributed by atoms with van der Waals surface area (Å²) in [5.41, 5.74) is 4.65. The average molecular weight is 404 g/mol. The van der Waals surface area contributed by atoms with Crippen LogP contribution in [-0.4, -0.2) is 20.7 Å².